The molecule has 0 saturated heterocycles. The van der Waals surface area contributed by atoms with Crippen molar-refractivity contribution >= 4 is 15.7 Å². The van der Waals surface area contributed by atoms with Crippen molar-refractivity contribution in [2.24, 2.45) is 5.92 Å². The molecule has 1 rings (SSSR count). The second kappa shape index (κ2) is 4.74. The standard InChI is InChI=1S/C11H17NO3S/c1-8(2)7-16(14,15)12-10-5-4-6-11(13)9(10)3/h4-6,8,12-13H,7H2,1-3H3. The first-order valence-corrected chi connectivity index (χ1v) is 6.76. The van der Waals surface area contributed by atoms with E-state index in [-0.39, 0.29) is 17.4 Å². The number of hydrogen-bond donors (Lipinski definition) is 2. The molecule has 0 aromatic heterocycles. The summed E-state index contributed by atoms with van der Waals surface area (Å²) in [6.07, 6.45) is 0. The summed E-state index contributed by atoms with van der Waals surface area (Å²) < 4.78 is 25.8. The molecule has 0 bridgehead atoms. The van der Waals surface area contributed by atoms with Gasteiger partial charge in [-0.05, 0) is 25.0 Å². The zero-order valence-corrected chi connectivity index (χ0v) is 10.5. The molecule has 1 aromatic carbocycles. The summed E-state index contributed by atoms with van der Waals surface area (Å²) in [4.78, 5) is 0. The van der Waals surface area contributed by atoms with Crippen LogP contribution in [-0.4, -0.2) is 19.3 Å². The lowest BCUT2D eigenvalue weighted by molar-refractivity contribution is 0.471. The second-order valence-electron chi connectivity index (χ2n) is 4.23. The van der Waals surface area contributed by atoms with Crippen LogP contribution in [0.2, 0.25) is 0 Å². The fourth-order valence-electron chi connectivity index (χ4n) is 1.38. The largest absolute Gasteiger partial charge is 0.508 e. The Labute approximate surface area is 96.4 Å². The Hall–Kier alpha value is -1.23. The van der Waals surface area contributed by atoms with Crippen molar-refractivity contribution in [3.05, 3.63) is 23.8 Å². The Balaban J connectivity index is 2.93. The van der Waals surface area contributed by atoms with Crippen LogP contribution in [0.1, 0.15) is 19.4 Å². The van der Waals surface area contributed by atoms with E-state index in [4.69, 9.17) is 0 Å². The van der Waals surface area contributed by atoms with Crippen LogP contribution >= 0.6 is 0 Å². The fraction of sp³-hybridized carbons (Fsp3) is 0.455. The zero-order chi connectivity index (χ0) is 12.3. The van der Waals surface area contributed by atoms with Gasteiger partial charge >= 0.3 is 0 Å². The maximum Gasteiger partial charge on any atom is 0.232 e. The highest BCUT2D eigenvalue weighted by Gasteiger charge is 2.14. The molecule has 4 nitrogen and oxygen atoms in total. The highest BCUT2D eigenvalue weighted by Crippen LogP contribution is 2.24. The first kappa shape index (κ1) is 12.8. The van der Waals surface area contributed by atoms with Crippen molar-refractivity contribution in [1.82, 2.24) is 0 Å². The molecular formula is C11H17NO3S. The molecule has 0 heterocycles. The van der Waals surface area contributed by atoms with Gasteiger partial charge in [-0.15, -0.1) is 0 Å². The van der Waals surface area contributed by atoms with Crippen LogP contribution in [0.25, 0.3) is 0 Å². The van der Waals surface area contributed by atoms with Gasteiger partial charge in [0, 0.05) is 5.56 Å². The van der Waals surface area contributed by atoms with E-state index in [1.807, 2.05) is 13.8 Å². The fourth-order valence-corrected chi connectivity index (χ4v) is 2.90. The van der Waals surface area contributed by atoms with Crippen molar-refractivity contribution < 1.29 is 13.5 Å². The number of rotatable bonds is 4. The average molecular weight is 243 g/mol. The highest BCUT2D eigenvalue weighted by molar-refractivity contribution is 7.92. The molecule has 0 aliphatic heterocycles. The van der Waals surface area contributed by atoms with E-state index < -0.39 is 10.0 Å². The van der Waals surface area contributed by atoms with Gasteiger partial charge in [0.25, 0.3) is 0 Å². The van der Waals surface area contributed by atoms with Gasteiger partial charge in [-0.2, -0.15) is 0 Å². The highest BCUT2D eigenvalue weighted by atomic mass is 32.2. The van der Waals surface area contributed by atoms with E-state index in [2.05, 4.69) is 4.72 Å². The molecule has 0 atom stereocenters. The van der Waals surface area contributed by atoms with E-state index in [0.29, 0.717) is 11.3 Å². The molecule has 1 aromatic rings. The smallest absolute Gasteiger partial charge is 0.232 e. The number of aromatic hydroxyl groups is 1. The van der Waals surface area contributed by atoms with Crippen LogP contribution in [0.5, 0.6) is 5.75 Å². The number of phenols is 1. The lowest BCUT2D eigenvalue weighted by Gasteiger charge is -2.12. The number of benzene rings is 1. The van der Waals surface area contributed by atoms with Gasteiger partial charge in [0.15, 0.2) is 0 Å². The minimum Gasteiger partial charge on any atom is -0.508 e. The third kappa shape index (κ3) is 3.41. The second-order valence-corrected chi connectivity index (χ2v) is 5.99. The van der Waals surface area contributed by atoms with Gasteiger partial charge in [0.05, 0.1) is 11.4 Å². The van der Waals surface area contributed by atoms with Crippen molar-refractivity contribution in [3.63, 3.8) is 0 Å². The van der Waals surface area contributed by atoms with Crippen molar-refractivity contribution in [2.75, 3.05) is 10.5 Å². The summed E-state index contributed by atoms with van der Waals surface area (Å²) in [6.45, 7) is 5.35. The predicted molar refractivity (Wildman–Crippen MR) is 65.1 cm³/mol. The summed E-state index contributed by atoms with van der Waals surface area (Å²) in [5, 5.41) is 9.44. The minimum atomic E-state index is -3.33. The maximum absolute atomic E-state index is 11.7. The molecule has 2 N–H and O–H groups in total. The van der Waals surface area contributed by atoms with Gasteiger partial charge in [0.1, 0.15) is 5.75 Å². The molecule has 0 saturated carbocycles. The van der Waals surface area contributed by atoms with Crippen molar-refractivity contribution in [3.8, 4) is 5.75 Å². The topological polar surface area (TPSA) is 66.4 Å². The van der Waals surface area contributed by atoms with E-state index in [1.165, 1.54) is 6.07 Å². The monoisotopic (exact) mass is 243 g/mol. The van der Waals surface area contributed by atoms with Crippen LogP contribution in [0.3, 0.4) is 0 Å². The zero-order valence-electron chi connectivity index (χ0n) is 9.69. The summed E-state index contributed by atoms with van der Waals surface area (Å²) >= 11 is 0. The van der Waals surface area contributed by atoms with Crippen LogP contribution in [0, 0.1) is 12.8 Å². The third-order valence-electron chi connectivity index (χ3n) is 2.12. The first-order valence-electron chi connectivity index (χ1n) is 5.11. The summed E-state index contributed by atoms with van der Waals surface area (Å²) in [7, 11) is -3.33. The van der Waals surface area contributed by atoms with E-state index >= 15 is 0 Å². The normalized spacial score (nSPS) is 11.8. The third-order valence-corrected chi connectivity index (χ3v) is 3.76. The summed E-state index contributed by atoms with van der Waals surface area (Å²) in [5.74, 6) is 0.224. The number of nitrogens with one attached hydrogen (secondary N) is 1. The molecule has 0 aliphatic carbocycles. The lowest BCUT2D eigenvalue weighted by atomic mass is 10.2. The van der Waals surface area contributed by atoms with Gasteiger partial charge in [0.2, 0.25) is 10.0 Å². The molecule has 0 spiro atoms. The number of anilines is 1. The Kier molecular flexibility index (Phi) is 3.80. The van der Waals surface area contributed by atoms with Crippen LogP contribution in [-0.2, 0) is 10.0 Å². The lowest BCUT2D eigenvalue weighted by Crippen LogP contribution is -2.20. The Morgan fingerprint density at radius 3 is 2.56 bits per heavy atom. The molecule has 0 radical (unpaired) electrons. The summed E-state index contributed by atoms with van der Waals surface area (Å²) in [5.41, 5.74) is 0.968. The quantitative estimate of drug-likeness (QED) is 0.851. The minimum absolute atomic E-state index is 0.0649. The Bertz CT molecular complexity index is 466. The maximum atomic E-state index is 11.7. The van der Waals surface area contributed by atoms with Crippen molar-refractivity contribution in [1.29, 1.82) is 0 Å². The number of sulfonamides is 1. The molecule has 16 heavy (non-hydrogen) atoms. The van der Waals surface area contributed by atoms with Crippen molar-refractivity contribution in [2.45, 2.75) is 20.8 Å². The Morgan fingerprint density at radius 2 is 2.00 bits per heavy atom. The van der Waals surface area contributed by atoms with Crippen LogP contribution < -0.4 is 4.72 Å². The molecule has 0 aliphatic rings. The SMILES string of the molecule is Cc1c(O)cccc1NS(=O)(=O)CC(C)C. The van der Waals surface area contributed by atoms with E-state index in [9.17, 15) is 13.5 Å². The molecule has 0 fully saturated rings. The molecule has 90 valence electrons. The van der Waals surface area contributed by atoms with Gasteiger partial charge < -0.3 is 5.11 Å². The number of phenolic OH excluding ortho intramolecular Hbond substituents is 1. The average Bonchev–Trinajstić information content (AvgIpc) is 2.10. The molecule has 0 amide bonds. The number of hydrogen-bond acceptors (Lipinski definition) is 3. The first-order chi connectivity index (χ1) is 7.32. The van der Waals surface area contributed by atoms with Crippen LogP contribution in [0.15, 0.2) is 18.2 Å². The van der Waals surface area contributed by atoms with Gasteiger partial charge in [-0.3, -0.25) is 4.72 Å². The molecule has 0 unspecified atom stereocenters. The predicted octanol–water partition coefficient (Wildman–Crippen LogP) is 2.10. The summed E-state index contributed by atoms with van der Waals surface area (Å²) in [6, 6.07) is 4.76. The van der Waals surface area contributed by atoms with Gasteiger partial charge in [-0.1, -0.05) is 19.9 Å². The molecule has 5 heteroatoms. The van der Waals surface area contributed by atoms with E-state index in [1.54, 1.807) is 19.1 Å². The Morgan fingerprint density at radius 1 is 1.38 bits per heavy atom. The van der Waals surface area contributed by atoms with Gasteiger partial charge in [-0.25, -0.2) is 8.42 Å². The van der Waals surface area contributed by atoms with E-state index in [0.717, 1.165) is 0 Å². The van der Waals surface area contributed by atoms with Crippen LogP contribution in [0.4, 0.5) is 5.69 Å². The molecular weight excluding hydrogens is 226 g/mol.